The maximum Gasteiger partial charge on any atom is 0.301 e. The van der Waals surface area contributed by atoms with Crippen molar-refractivity contribution in [3.8, 4) is 0 Å². The van der Waals surface area contributed by atoms with Crippen LogP contribution >= 0.6 is 0 Å². The zero-order chi connectivity index (χ0) is 20.4. The number of nitrogens with zero attached hydrogens (tertiary/aromatic N) is 4. The van der Waals surface area contributed by atoms with Gasteiger partial charge in [0.05, 0.1) is 34.5 Å². The van der Waals surface area contributed by atoms with E-state index in [1.807, 2.05) is 24.3 Å². The summed E-state index contributed by atoms with van der Waals surface area (Å²) < 4.78 is 5.35. The van der Waals surface area contributed by atoms with E-state index in [9.17, 15) is 20.2 Å². The number of nitrogens with one attached hydrogen (secondary N) is 1. The highest BCUT2D eigenvalue weighted by Crippen LogP contribution is 2.39. The Bertz CT molecular complexity index is 1080. The largest absolute Gasteiger partial charge is 0.378 e. The lowest BCUT2D eigenvalue weighted by Gasteiger charge is -2.28. The number of morpholine rings is 1. The van der Waals surface area contributed by atoms with Crippen LogP contribution in [-0.2, 0) is 4.74 Å². The molecule has 10 heteroatoms. The molecule has 1 saturated heterocycles. The Kier molecular flexibility index (Phi) is 4.92. The third-order valence-electron chi connectivity index (χ3n) is 4.76. The summed E-state index contributed by atoms with van der Waals surface area (Å²) in [5, 5.41) is 26.2. The van der Waals surface area contributed by atoms with Gasteiger partial charge in [-0.1, -0.05) is 0 Å². The van der Waals surface area contributed by atoms with E-state index in [1.54, 1.807) is 6.07 Å². The maximum atomic E-state index is 11.6. The highest BCUT2D eigenvalue weighted by atomic mass is 16.6. The Labute approximate surface area is 165 Å². The highest BCUT2D eigenvalue weighted by molar-refractivity contribution is 6.02. The molecule has 1 aliphatic rings. The number of ether oxygens (including phenoxy) is 1. The minimum Gasteiger partial charge on any atom is -0.378 e. The van der Waals surface area contributed by atoms with Gasteiger partial charge in [-0.15, -0.1) is 0 Å². The van der Waals surface area contributed by atoms with Crippen molar-refractivity contribution in [3.63, 3.8) is 0 Å². The molecule has 0 bridgehead atoms. The van der Waals surface area contributed by atoms with Crippen LogP contribution in [0, 0.1) is 20.2 Å². The van der Waals surface area contributed by atoms with Gasteiger partial charge in [0.2, 0.25) is 0 Å². The predicted molar refractivity (Wildman–Crippen MR) is 108 cm³/mol. The van der Waals surface area contributed by atoms with Crippen LogP contribution in [0.3, 0.4) is 0 Å². The molecule has 1 N–H and O–H groups in total. The Balaban J connectivity index is 1.73. The molecule has 4 rings (SSSR count). The SMILES string of the molecule is O=[N+]([O-])c1cc([N+](=O)[O-])c2cccnc2c1Nc1ccc(N2CCOCC2)cc1. The summed E-state index contributed by atoms with van der Waals surface area (Å²) in [4.78, 5) is 28.0. The number of hydrogen-bond donors (Lipinski definition) is 1. The van der Waals surface area contributed by atoms with Gasteiger partial charge in [0.25, 0.3) is 5.69 Å². The van der Waals surface area contributed by atoms with E-state index in [1.165, 1.54) is 12.3 Å². The van der Waals surface area contributed by atoms with Crippen LogP contribution < -0.4 is 10.2 Å². The first kappa shape index (κ1) is 18.6. The summed E-state index contributed by atoms with van der Waals surface area (Å²) in [6.07, 6.45) is 1.45. The Morgan fingerprint density at radius 3 is 2.34 bits per heavy atom. The third kappa shape index (κ3) is 3.65. The summed E-state index contributed by atoms with van der Waals surface area (Å²) in [7, 11) is 0. The number of aromatic nitrogens is 1. The number of rotatable bonds is 5. The van der Waals surface area contributed by atoms with Crippen LogP contribution in [0.15, 0.2) is 48.7 Å². The van der Waals surface area contributed by atoms with Crippen LogP contribution in [0.4, 0.5) is 28.4 Å². The molecule has 0 radical (unpaired) electrons. The van der Waals surface area contributed by atoms with Crippen molar-refractivity contribution < 1.29 is 14.6 Å². The molecule has 1 aromatic heterocycles. The first-order valence-corrected chi connectivity index (χ1v) is 8.95. The molecule has 0 atom stereocenters. The fourth-order valence-corrected chi connectivity index (χ4v) is 3.35. The monoisotopic (exact) mass is 395 g/mol. The van der Waals surface area contributed by atoms with E-state index in [0.717, 1.165) is 24.8 Å². The predicted octanol–water partition coefficient (Wildman–Crippen LogP) is 3.63. The second-order valence-corrected chi connectivity index (χ2v) is 6.47. The quantitative estimate of drug-likeness (QED) is 0.513. The van der Waals surface area contributed by atoms with Crippen molar-refractivity contribution >= 4 is 39.3 Å². The van der Waals surface area contributed by atoms with Crippen LogP contribution in [-0.4, -0.2) is 41.1 Å². The fourth-order valence-electron chi connectivity index (χ4n) is 3.35. The van der Waals surface area contributed by atoms with Gasteiger partial charge in [-0.3, -0.25) is 25.2 Å². The molecule has 0 aliphatic carbocycles. The molecule has 0 unspecified atom stereocenters. The molecular formula is C19H17N5O5. The lowest BCUT2D eigenvalue weighted by Crippen LogP contribution is -2.36. The molecule has 0 amide bonds. The average molecular weight is 395 g/mol. The normalized spacial score (nSPS) is 14.0. The lowest BCUT2D eigenvalue weighted by molar-refractivity contribution is -0.392. The third-order valence-corrected chi connectivity index (χ3v) is 4.76. The Morgan fingerprint density at radius 1 is 1.00 bits per heavy atom. The van der Waals surface area contributed by atoms with Gasteiger partial charge in [0.1, 0.15) is 11.2 Å². The molecular weight excluding hydrogens is 378 g/mol. The smallest absolute Gasteiger partial charge is 0.301 e. The summed E-state index contributed by atoms with van der Waals surface area (Å²) >= 11 is 0. The van der Waals surface area contributed by atoms with E-state index >= 15 is 0 Å². The summed E-state index contributed by atoms with van der Waals surface area (Å²) in [5.41, 5.74) is 1.18. The molecule has 0 saturated carbocycles. The van der Waals surface area contributed by atoms with E-state index in [4.69, 9.17) is 4.74 Å². The van der Waals surface area contributed by atoms with Gasteiger partial charge in [0.15, 0.2) is 0 Å². The van der Waals surface area contributed by atoms with E-state index in [0.29, 0.717) is 18.9 Å². The zero-order valence-electron chi connectivity index (χ0n) is 15.3. The second-order valence-electron chi connectivity index (χ2n) is 6.47. The van der Waals surface area contributed by atoms with Crippen LogP contribution in [0.1, 0.15) is 0 Å². The van der Waals surface area contributed by atoms with Crippen LogP contribution in [0.25, 0.3) is 10.9 Å². The van der Waals surface area contributed by atoms with Crippen LogP contribution in [0.5, 0.6) is 0 Å². The van der Waals surface area contributed by atoms with Crippen molar-refractivity contribution in [1.82, 2.24) is 4.98 Å². The zero-order valence-corrected chi connectivity index (χ0v) is 15.3. The molecule has 2 aromatic carbocycles. The van der Waals surface area contributed by atoms with Gasteiger partial charge in [-0.05, 0) is 36.4 Å². The van der Waals surface area contributed by atoms with E-state index < -0.39 is 15.5 Å². The molecule has 1 aliphatic heterocycles. The van der Waals surface area contributed by atoms with Crippen molar-refractivity contribution in [2.75, 3.05) is 36.5 Å². The van der Waals surface area contributed by atoms with Gasteiger partial charge < -0.3 is 15.0 Å². The Hall–Kier alpha value is -3.79. The minimum atomic E-state index is -0.647. The summed E-state index contributed by atoms with van der Waals surface area (Å²) in [6.45, 7) is 2.95. The number of non-ortho nitro benzene ring substituents is 1. The van der Waals surface area contributed by atoms with Crippen molar-refractivity contribution in [3.05, 3.63) is 68.9 Å². The number of benzene rings is 2. The van der Waals surface area contributed by atoms with Crippen molar-refractivity contribution in [1.29, 1.82) is 0 Å². The van der Waals surface area contributed by atoms with Gasteiger partial charge in [-0.25, -0.2) is 0 Å². The number of anilines is 3. The number of hydrogen-bond acceptors (Lipinski definition) is 8. The molecule has 1 fully saturated rings. The summed E-state index contributed by atoms with van der Waals surface area (Å²) in [6, 6.07) is 11.5. The van der Waals surface area contributed by atoms with Crippen molar-refractivity contribution in [2.24, 2.45) is 0 Å². The lowest BCUT2D eigenvalue weighted by atomic mass is 10.1. The number of nitro groups is 2. The fraction of sp³-hybridized carbons (Fsp3) is 0.211. The standard InChI is InChI=1S/C19H17N5O5/c25-23(26)16-12-17(24(27)28)19(18-15(16)2-1-7-20-18)21-13-3-5-14(6-4-13)22-8-10-29-11-9-22/h1-7,12,21H,8-11H2. The number of fused-ring (bicyclic) bond motifs is 1. The molecule has 3 aromatic rings. The first-order valence-electron chi connectivity index (χ1n) is 8.95. The Morgan fingerprint density at radius 2 is 1.69 bits per heavy atom. The molecule has 10 nitrogen and oxygen atoms in total. The van der Waals surface area contributed by atoms with Gasteiger partial charge >= 0.3 is 5.69 Å². The maximum absolute atomic E-state index is 11.6. The van der Waals surface area contributed by atoms with E-state index in [-0.39, 0.29) is 22.3 Å². The minimum absolute atomic E-state index is 0.121. The van der Waals surface area contributed by atoms with Gasteiger partial charge in [-0.2, -0.15) is 0 Å². The first-order chi connectivity index (χ1) is 14.0. The average Bonchev–Trinajstić information content (AvgIpc) is 2.74. The summed E-state index contributed by atoms with van der Waals surface area (Å²) in [5.74, 6) is 0. The van der Waals surface area contributed by atoms with Gasteiger partial charge in [0, 0.05) is 30.7 Å². The molecule has 0 spiro atoms. The molecule has 148 valence electrons. The topological polar surface area (TPSA) is 124 Å². The number of nitro benzene ring substituents is 2. The second kappa shape index (κ2) is 7.68. The molecule has 2 heterocycles. The van der Waals surface area contributed by atoms with E-state index in [2.05, 4.69) is 15.2 Å². The van der Waals surface area contributed by atoms with Crippen LogP contribution in [0.2, 0.25) is 0 Å². The van der Waals surface area contributed by atoms with Crippen molar-refractivity contribution in [2.45, 2.75) is 0 Å². The number of pyridine rings is 1. The molecule has 29 heavy (non-hydrogen) atoms. The highest BCUT2D eigenvalue weighted by Gasteiger charge is 2.26.